The first-order chi connectivity index (χ1) is 15.5. The van der Waals surface area contributed by atoms with E-state index in [1.165, 1.54) is 11.8 Å². The summed E-state index contributed by atoms with van der Waals surface area (Å²) >= 11 is 7.89. The highest BCUT2D eigenvalue weighted by Crippen LogP contribution is 2.22. The molecule has 1 saturated carbocycles. The minimum atomic E-state index is -0.569. The molecule has 0 bridgehead atoms. The molecule has 1 aliphatic rings. The molecule has 7 heteroatoms. The molecule has 0 unspecified atom stereocenters. The zero-order chi connectivity index (χ0) is 22.9. The van der Waals surface area contributed by atoms with Crippen LogP contribution in [0.25, 0.3) is 0 Å². The average Bonchev–Trinajstić information content (AvgIpc) is 3.31. The van der Waals surface area contributed by atoms with Crippen LogP contribution in [-0.2, 0) is 21.9 Å². The lowest BCUT2D eigenvalue weighted by atomic mass is 10.1. The molecule has 0 heterocycles. The van der Waals surface area contributed by atoms with Gasteiger partial charge in [-0.25, -0.2) is 0 Å². The standard InChI is InChI=1S/C25H31ClN2O3S/c1-18(25(30)27-21-8-4-5-9-21)28(15-20-7-3-6-10-23(20)26)24(29)17-32-16-19-11-13-22(31-2)14-12-19/h3,6-7,10-14,18,21H,4-5,8-9,15-17H2,1-2H3,(H,27,30)/t18-/m1/s1. The van der Waals surface area contributed by atoms with Gasteiger partial charge in [-0.3, -0.25) is 9.59 Å². The molecule has 1 atom stereocenters. The molecule has 0 radical (unpaired) electrons. The van der Waals surface area contributed by atoms with Crippen LogP contribution >= 0.6 is 23.4 Å². The van der Waals surface area contributed by atoms with Crippen molar-refractivity contribution < 1.29 is 14.3 Å². The number of rotatable bonds is 10. The van der Waals surface area contributed by atoms with E-state index in [-0.39, 0.29) is 23.6 Å². The van der Waals surface area contributed by atoms with Crippen molar-refractivity contribution in [3.8, 4) is 5.75 Å². The van der Waals surface area contributed by atoms with Gasteiger partial charge in [0.05, 0.1) is 12.9 Å². The molecule has 2 aromatic carbocycles. The van der Waals surface area contributed by atoms with Crippen LogP contribution in [0.15, 0.2) is 48.5 Å². The Bertz CT molecular complexity index is 900. The first-order valence-electron chi connectivity index (χ1n) is 11.0. The number of nitrogens with one attached hydrogen (secondary N) is 1. The SMILES string of the molecule is COc1ccc(CSCC(=O)N(Cc2ccccc2Cl)[C@H](C)C(=O)NC2CCCC2)cc1. The van der Waals surface area contributed by atoms with E-state index in [2.05, 4.69) is 5.32 Å². The Hall–Kier alpha value is -2.18. The van der Waals surface area contributed by atoms with Gasteiger partial charge in [-0.1, -0.05) is 54.8 Å². The van der Waals surface area contributed by atoms with Crippen LogP contribution in [0.3, 0.4) is 0 Å². The number of ether oxygens (including phenoxy) is 1. The third-order valence-electron chi connectivity index (χ3n) is 5.82. The molecule has 172 valence electrons. The number of amides is 2. The second kappa shape index (κ2) is 12.2. The van der Waals surface area contributed by atoms with Crippen LogP contribution in [-0.4, -0.2) is 41.7 Å². The minimum Gasteiger partial charge on any atom is -0.497 e. The maximum absolute atomic E-state index is 13.2. The Morgan fingerprint density at radius 1 is 1.16 bits per heavy atom. The summed E-state index contributed by atoms with van der Waals surface area (Å²) in [6, 6.07) is 14.9. The number of hydrogen-bond donors (Lipinski definition) is 1. The summed E-state index contributed by atoms with van der Waals surface area (Å²) in [5.41, 5.74) is 1.96. The van der Waals surface area contributed by atoms with Crippen LogP contribution in [0.4, 0.5) is 0 Å². The molecule has 3 rings (SSSR count). The summed E-state index contributed by atoms with van der Waals surface area (Å²) in [6.07, 6.45) is 4.30. The van der Waals surface area contributed by atoms with Crippen LogP contribution in [0.2, 0.25) is 5.02 Å². The number of carbonyl (C=O) groups is 2. The van der Waals surface area contributed by atoms with Crippen LogP contribution in [0, 0.1) is 0 Å². The van der Waals surface area contributed by atoms with Gasteiger partial charge in [0.1, 0.15) is 11.8 Å². The molecule has 2 aromatic rings. The van der Waals surface area contributed by atoms with E-state index >= 15 is 0 Å². The summed E-state index contributed by atoms with van der Waals surface area (Å²) in [4.78, 5) is 27.8. The third-order valence-corrected chi connectivity index (χ3v) is 7.18. The van der Waals surface area contributed by atoms with Crippen molar-refractivity contribution in [2.45, 2.75) is 57.0 Å². The molecular weight excluding hydrogens is 444 g/mol. The highest BCUT2D eigenvalue weighted by atomic mass is 35.5. The topological polar surface area (TPSA) is 58.6 Å². The molecule has 0 saturated heterocycles. The summed E-state index contributed by atoms with van der Waals surface area (Å²) in [6.45, 7) is 2.11. The summed E-state index contributed by atoms with van der Waals surface area (Å²) in [5, 5.41) is 3.72. The van der Waals surface area contributed by atoms with E-state index < -0.39 is 6.04 Å². The molecule has 2 amide bonds. The van der Waals surface area contributed by atoms with Gasteiger partial charge >= 0.3 is 0 Å². The van der Waals surface area contributed by atoms with E-state index in [0.29, 0.717) is 17.3 Å². The van der Waals surface area contributed by atoms with Crippen molar-refractivity contribution in [1.29, 1.82) is 0 Å². The van der Waals surface area contributed by atoms with E-state index in [1.54, 1.807) is 25.0 Å². The van der Waals surface area contributed by atoms with Gasteiger partial charge in [-0.15, -0.1) is 11.8 Å². The molecule has 32 heavy (non-hydrogen) atoms. The van der Waals surface area contributed by atoms with E-state index in [9.17, 15) is 9.59 Å². The summed E-state index contributed by atoms with van der Waals surface area (Å²) < 4.78 is 5.19. The minimum absolute atomic E-state index is 0.0718. The van der Waals surface area contributed by atoms with Crippen molar-refractivity contribution in [2.75, 3.05) is 12.9 Å². The second-order valence-corrected chi connectivity index (χ2v) is 9.51. The fourth-order valence-electron chi connectivity index (χ4n) is 3.85. The molecular formula is C25H31ClN2O3S. The maximum Gasteiger partial charge on any atom is 0.242 e. The van der Waals surface area contributed by atoms with Crippen LogP contribution in [0.1, 0.15) is 43.7 Å². The normalized spacial score (nSPS) is 14.7. The number of halogens is 1. The van der Waals surface area contributed by atoms with Gasteiger partial charge in [0.25, 0.3) is 0 Å². The van der Waals surface area contributed by atoms with Gasteiger partial charge in [0, 0.05) is 23.4 Å². The summed E-state index contributed by atoms with van der Waals surface area (Å²) in [7, 11) is 1.64. The first-order valence-corrected chi connectivity index (χ1v) is 12.5. The Balaban J connectivity index is 1.64. The van der Waals surface area contributed by atoms with Gasteiger partial charge in [0.2, 0.25) is 11.8 Å². The Morgan fingerprint density at radius 2 is 1.84 bits per heavy atom. The molecule has 0 spiro atoms. The zero-order valence-corrected chi connectivity index (χ0v) is 20.3. The average molecular weight is 475 g/mol. The second-order valence-electron chi connectivity index (χ2n) is 8.12. The maximum atomic E-state index is 13.2. The van der Waals surface area contributed by atoms with E-state index in [1.807, 2.05) is 42.5 Å². The van der Waals surface area contributed by atoms with E-state index in [4.69, 9.17) is 16.3 Å². The first kappa shape index (κ1) is 24.5. The predicted molar refractivity (Wildman–Crippen MR) is 131 cm³/mol. The number of methoxy groups -OCH3 is 1. The number of benzene rings is 2. The third kappa shape index (κ3) is 6.91. The van der Waals surface area contributed by atoms with Crippen molar-refractivity contribution in [3.63, 3.8) is 0 Å². The lowest BCUT2D eigenvalue weighted by molar-refractivity contribution is -0.138. The zero-order valence-electron chi connectivity index (χ0n) is 18.7. The van der Waals surface area contributed by atoms with Gasteiger partial charge in [-0.2, -0.15) is 0 Å². The monoisotopic (exact) mass is 474 g/mol. The predicted octanol–water partition coefficient (Wildman–Crippen LogP) is 5.06. The molecule has 5 nitrogen and oxygen atoms in total. The number of nitrogens with zero attached hydrogens (tertiary/aromatic N) is 1. The van der Waals surface area contributed by atoms with Gasteiger partial charge in [0.15, 0.2) is 0 Å². The Morgan fingerprint density at radius 3 is 2.50 bits per heavy atom. The van der Waals surface area contributed by atoms with Crippen LogP contribution in [0.5, 0.6) is 5.75 Å². The van der Waals surface area contributed by atoms with Crippen molar-refractivity contribution in [3.05, 3.63) is 64.7 Å². The molecule has 1 aliphatic carbocycles. The Labute approximate surface area is 199 Å². The number of hydrogen-bond acceptors (Lipinski definition) is 4. The van der Waals surface area contributed by atoms with E-state index in [0.717, 1.165) is 42.6 Å². The highest BCUT2D eigenvalue weighted by molar-refractivity contribution is 7.99. The lowest BCUT2D eigenvalue weighted by Gasteiger charge is -2.30. The fourth-order valence-corrected chi connectivity index (χ4v) is 4.91. The fraction of sp³-hybridized carbons (Fsp3) is 0.440. The molecule has 0 aromatic heterocycles. The number of thioether (sulfide) groups is 1. The van der Waals surface area contributed by atoms with Crippen LogP contribution < -0.4 is 10.1 Å². The largest absolute Gasteiger partial charge is 0.497 e. The quantitative estimate of drug-likeness (QED) is 0.523. The highest BCUT2D eigenvalue weighted by Gasteiger charge is 2.28. The van der Waals surface area contributed by atoms with Crippen molar-refractivity contribution in [2.24, 2.45) is 0 Å². The lowest BCUT2D eigenvalue weighted by Crippen LogP contribution is -2.50. The van der Waals surface area contributed by atoms with Gasteiger partial charge < -0.3 is 15.0 Å². The van der Waals surface area contributed by atoms with Crippen molar-refractivity contribution >= 4 is 35.2 Å². The molecule has 1 fully saturated rings. The smallest absolute Gasteiger partial charge is 0.242 e. The number of carbonyl (C=O) groups excluding carboxylic acids is 2. The summed E-state index contributed by atoms with van der Waals surface area (Å²) in [5.74, 6) is 1.63. The van der Waals surface area contributed by atoms with Crippen molar-refractivity contribution in [1.82, 2.24) is 10.2 Å². The molecule has 1 N–H and O–H groups in total. The Kier molecular flexibility index (Phi) is 9.30. The molecule has 0 aliphatic heterocycles. The van der Waals surface area contributed by atoms with Gasteiger partial charge in [-0.05, 0) is 49.1 Å².